The molecule has 6 heteroatoms. The molecule has 1 heterocycles. The highest BCUT2D eigenvalue weighted by atomic mass is 19.1. The summed E-state index contributed by atoms with van der Waals surface area (Å²) in [5.41, 5.74) is 2.56. The molecule has 0 aliphatic rings. The van der Waals surface area contributed by atoms with Gasteiger partial charge in [0, 0.05) is 35.8 Å². The molecule has 3 rings (SSSR count). The topological polar surface area (TPSA) is 74.0 Å². The molecule has 0 fully saturated rings. The summed E-state index contributed by atoms with van der Waals surface area (Å²) in [5.74, 6) is -1.16. The van der Waals surface area contributed by atoms with Crippen LogP contribution in [0.25, 0.3) is 10.9 Å². The number of aromatic amines is 1. The largest absolute Gasteiger partial charge is 0.361 e. The predicted octanol–water partition coefficient (Wildman–Crippen LogP) is 2.67. The molecule has 2 amide bonds. The van der Waals surface area contributed by atoms with Gasteiger partial charge < -0.3 is 15.6 Å². The lowest BCUT2D eigenvalue weighted by molar-refractivity contribution is -0.129. The van der Waals surface area contributed by atoms with Gasteiger partial charge in [0.05, 0.1) is 0 Å². The first-order valence-electron chi connectivity index (χ1n) is 8.45. The zero-order valence-electron chi connectivity index (χ0n) is 14.2. The fourth-order valence-electron chi connectivity index (χ4n) is 2.78. The number of carbonyl (C=O) groups excluding carboxylic acids is 2. The normalized spacial score (nSPS) is 10.7. The highest BCUT2D eigenvalue weighted by Gasteiger charge is 2.10. The number of para-hydroxylation sites is 1. The van der Waals surface area contributed by atoms with Gasteiger partial charge >= 0.3 is 0 Å². The van der Waals surface area contributed by atoms with Gasteiger partial charge in [-0.2, -0.15) is 0 Å². The van der Waals surface area contributed by atoms with Crippen LogP contribution in [0.5, 0.6) is 0 Å². The number of hydrogen-bond acceptors (Lipinski definition) is 2. The van der Waals surface area contributed by atoms with Gasteiger partial charge in [-0.15, -0.1) is 0 Å². The van der Waals surface area contributed by atoms with Crippen LogP contribution in [-0.2, 0) is 22.6 Å². The summed E-state index contributed by atoms with van der Waals surface area (Å²) in [4.78, 5) is 26.9. The Hall–Kier alpha value is -3.15. The van der Waals surface area contributed by atoms with Crippen molar-refractivity contribution in [2.24, 2.45) is 0 Å². The molecule has 1 aromatic heterocycles. The zero-order valence-corrected chi connectivity index (χ0v) is 14.2. The van der Waals surface area contributed by atoms with Crippen LogP contribution >= 0.6 is 0 Å². The zero-order chi connectivity index (χ0) is 18.4. The summed E-state index contributed by atoms with van der Waals surface area (Å²) in [7, 11) is 0. The Morgan fingerprint density at radius 3 is 2.50 bits per heavy atom. The van der Waals surface area contributed by atoms with Gasteiger partial charge in [0.2, 0.25) is 11.8 Å². The van der Waals surface area contributed by atoms with E-state index in [4.69, 9.17) is 0 Å². The van der Waals surface area contributed by atoms with Crippen LogP contribution in [0.3, 0.4) is 0 Å². The van der Waals surface area contributed by atoms with E-state index >= 15 is 0 Å². The molecule has 0 saturated heterocycles. The van der Waals surface area contributed by atoms with Crippen LogP contribution < -0.4 is 10.6 Å². The van der Waals surface area contributed by atoms with E-state index < -0.39 is 5.91 Å². The van der Waals surface area contributed by atoms with Crippen LogP contribution in [0, 0.1) is 5.82 Å². The molecule has 5 nitrogen and oxygen atoms in total. The molecule has 3 aromatic rings. The van der Waals surface area contributed by atoms with Crippen molar-refractivity contribution in [2.45, 2.75) is 19.4 Å². The number of hydrogen-bond donors (Lipinski definition) is 3. The number of fused-ring (bicyclic) bond motifs is 1. The average molecular weight is 353 g/mol. The standard InChI is InChI=1S/C20H20FN3O2/c21-17-7-3-1-5-15(17)13-24-20(26)11-19(25)22-10-9-14-12-23-18-8-4-2-6-16(14)18/h1-8,12,23H,9-11,13H2,(H,22,25)(H,24,26). The molecule has 134 valence electrons. The maximum atomic E-state index is 13.5. The maximum Gasteiger partial charge on any atom is 0.229 e. The number of aromatic nitrogens is 1. The Bertz CT molecular complexity index is 920. The fraction of sp³-hybridized carbons (Fsp3) is 0.200. The molecule has 2 aromatic carbocycles. The van der Waals surface area contributed by atoms with Crippen molar-refractivity contribution in [3.05, 3.63) is 71.7 Å². The third-order valence-electron chi connectivity index (χ3n) is 4.15. The van der Waals surface area contributed by atoms with Gasteiger partial charge in [-0.1, -0.05) is 36.4 Å². The number of rotatable bonds is 7. The summed E-state index contributed by atoms with van der Waals surface area (Å²) >= 11 is 0. The summed E-state index contributed by atoms with van der Waals surface area (Å²) < 4.78 is 13.5. The quantitative estimate of drug-likeness (QED) is 0.571. The number of halogens is 1. The number of amides is 2. The van der Waals surface area contributed by atoms with Gasteiger partial charge in [-0.25, -0.2) is 4.39 Å². The van der Waals surface area contributed by atoms with E-state index in [0.717, 1.165) is 16.5 Å². The smallest absolute Gasteiger partial charge is 0.229 e. The molecule has 26 heavy (non-hydrogen) atoms. The third kappa shape index (κ3) is 4.47. The lowest BCUT2D eigenvalue weighted by atomic mass is 10.1. The van der Waals surface area contributed by atoms with Gasteiger partial charge in [0.25, 0.3) is 0 Å². The monoisotopic (exact) mass is 353 g/mol. The van der Waals surface area contributed by atoms with Crippen molar-refractivity contribution in [3.63, 3.8) is 0 Å². The van der Waals surface area contributed by atoms with Crippen LogP contribution in [-0.4, -0.2) is 23.3 Å². The molecule has 0 saturated carbocycles. The predicted molar refractivity (Wildman–Crippen MR) is 97.9 cm³/mol. The third-order valence-corrected chi connectivity index (χ3v) is 4.15. The van der Waals surface area contributed by atoms with E-state index in [0.29, 0.717) is 18.5 Å². The highest BCUT2D eigenvalue weighted by molar-refractivity contribution is 5.96. The molecule has 0 unspecified atom stereocenters. The van der Waals surface area contributed by atoms with E-state index in [2.05, 4.69) is 15.6 Å². The van der Waals surface area contributed by atoms with Crippen molar-refractivity contribution in [1.29, 1.82) is 0 Å². The molecule has 0 atom stereocenters. The second kappa shape index (κ2) is 8.29. The van der Waals surface area contributed by atoms with E-state index in [-0.39, 0.29) is 24.7 Å². The number of nitrogens with one attached hydrogen (secondary N) is 3. The van der Waals surface area contributed by atoms with Crippen molar-refractivity contribution < 1.29 is 14.0 Å². The van der Waals surface area contributed by atoms with Gasteiger partial charge in [0.1, 0.15) is 12.2 Å². The van der Waals surface area contributed by atoms with E-state index in [1.165, 1.54) is 6.07 Å². The SMILES string of the molecule is O=C(CC(=O)NCc1ccccc1F)NCCc1c[nH]c2ccccc12. The summed E-state index contributed by atoms with van der Waals surface area (Å²) in [6.45, 7) is 0.509. The van der Waals surface area contributed by atoms with Crippen LogP contribution in [0.4, 0.5) is 4.39 Å². The lowest BCUT2D eigenvalue weighted by Crippen LogP contribution is -2.32. The Morgan fingerprint density at radius 1 is 0.923 bits per heavy atom. The Balaban J connectivity index is 1.41. The van der Waals surface area contributed by atoms with Gasteiger partial charge in [-0.05, 0) is 24.1 Å². The van der Waals surface area contributed by atoms with Crippen molar-refractivity contribution >= 4 is 22.7 Å². The summed E-state index contributed by atoms with van der Waals surface area (Å²) in [6, 6.07) is 14.2. The minimum Gasteiger partial charge on any atom is -0.361 e. The second-order valence-corrected chi connectivity index (χ2v) is 6.00. The Kier molecular flexibility index (Phi) is 5.63. The number of H-pyrrole nitrogens is 1. The van der Waals surface area contributed by atoms with Crippen molar-refractivity contribution in [2.75, 3.05) is 6.54 Å². The van der Waals surface area contributed by atoms with Crippen LogP contribution in [0.15, 0.2) is 54.7 Å². The maximum absolute atomic E-state index is 13.5. The number of benzene rings is 2. The molecular weight excluding hydrogens is 333 g/mol. The molecule has 0 aliphatic carbocycles. The first-order chi connectivity index (χ1) is 12.6. The fourth-order valence-corrected chi connectivity index (χ4v) is 2.78. The Labute approximate surface area is 150 Å². The second-order valence-electron chi connectivity index (χ2n) is 6.00. The summed E-state index contributed by atoms with van der Waals surface area (Å²) in [5, 5.41) is 6.42. The van der Waals surface area contributed by atoms with Crippen molar-refractivity contribution in [1.82, 2.24) is 15.6 Å². The first kappa shape index (κ1) is 17.7. The minimum absolute atomic E-state index is 0.0636. The molecule has 0 bridgehead atoms. The highest BCUT2D eigenvalue weighted by Crippen LogP contribution is 2.17. The number of carbonyl (C=O) groups is 2. The van der Waals surface area contributed by atoms with E-state index in [1.54, 1.807) is 18.2 Å². The lowest BCUT2D eigenvalue weighted by Gasteiger charge is -2.07. The summed E-state index contributed by atoms with van der Waals surface area (Å²) in [6.07, 6.45) is 2.33. The van der Waals surface area contributed by atoms with Gasteiger partial charge in [-0.3, -0.25) is 9.59 Å². The molecule has 0 spiro atoms. The molecule has 0 aliphatic heterocycles. The van der Waals surface area contributed by atoms with E-state index in [1.807, 2.05) is 30.5 Å². The molecule has 0 radical (unpaired) electrons. The van der Waals surface area contributed by atoms with Crippen molar-refractivity contribution in [3.8, 4) is 0 Å². The van der Waals surface area contributed by atoms with Crippen LogP contribution in [0.1, 0.15) is 17.5 Å². The van der Waals surface area contributed by atoms with Crippen LogP contribution in [0.2, 0.25) is 0 Å². The molecular formula is C20H20FN3O2. The Morgan fingerprint density at radius 2 is 1.65 bits per heavy atom. The average Bonchev–Trinajstić information content (AvgIpc) is 3.04. The first-order valence-corrected chi connectivity index (χ1v) is 8.45. The van der Waals surface area contributed by atoms with Gasteiger partial charge in [0.15, 0.2) is 0 Å². The minimum atomic E-state index is -0.433. The van der Waals surface area contributed by atoms with E-state index in [9.17, 15) is 14.0 Å². The molecule has 3 N–H and O–H groups in total.